The van der Waals surface area contributed by atoms with Crippen molar-refractivity contribution >= 4 is 6.21 Å². The van der Waals surface area contributed by atoms with Crippen molar-refractivity contribution in [1.82, 2.24) is 19.4 Å². The first-order valence-electron chi connectivity index (χ1n) is 7.50. The number of hydrogen-bond donors (Lipinski definition) is 0. The zero-order valence-corrected chi connectivity index (χ0v) is 13.5. The van der Waals surface area contributed by atoms with E-state index < -0.39 is 0 Å². The first-order chi connectivity index (χ1) is 11.2. The van der Waals surface area contributed by atoms with E-state index in [1.807, 2.05) is 25.3 Å². The van der Waals surface area contributed by atoms with E-state index in [0.29, 0.717) is 6.61 Å². The van der Waals surface area contributed by atoms with Gasteiger partial charge in [-0.3, -0.25) is 0 Å². The Bertz CT molecular complexity index is 800. The standard InChI is InChI=1S/C17H19N5O/c1-4-23-17-7-5-16(6-8-17)22-13(2)9-15(14(22)3)10-20-21-11-18-19-12-21/h5-12H,4H2,1-3H3. The molecule has 0 aliphatic carbocycles. The van der Waals surface area contributed by atoms with Crippen LogP contribution in [0.1, 0.15) is 23.9 Å². The zero-order valence-electron chi connectivity index (χ0n) is 13.5. The molecule has 0 bridgehead atoms. The van der Waals surface area contributed by atoms with E-state index in [0.717, 1.165) is 28.4 Å². The highest BCUT2D eigenvalue weighted by Crippen LogP contribution is 2.22. The lowest BCUT2D eigenvalue weighted by atomic mass is 10.2. The van der Waals surface area contributed by atoms with Gasteiger partial charge in [0.25, 0.3) is 0 Å². The Morgan fingerprint density at radius 1 is 1.13 bits per heavy atom. The normalized spacial score (nSPS) is 11.3. The van der Waals surface area contributed by atoms with Gasteiger partial charge in [-0.25, -0.2) is 4.68 Å². The van der Waals surface area contributed by atoms with Crippen molar-refractivity contribution in [2.45, 2.75) is 20.8 Å². The molecule has 3 aromatic rings. The van der Waals surface area contributed by atoms with E-state index in [1.165, 1.54) is 0 Å². The second-order valence-electron chi connectivity index (χ2n) is 5.18. The van der Waals surface area contributed by atoms with Gasteiger partial charge in [-0.15, -0.1) is 10.2 Å². The summed E-state index contributed by atoms with van der Waals surface area (Å²) in [6, 6.07) is 10.2. The molecule has 0 atom stereocenters. The predicted molar refractivity (Wildman–Crippen MR) is 89.4 cm³/mol. The van der Waals surface area contributed by atoms with Crippen LogP contribution in [0, 0.1) is 13.8 Å². The lowest BCUT2D eigenvalue weighted by Gasteiger charge is -2.10. The molecule has 0 amide bonds. The Morgan fingerprint density at radius 3 is 2.48 bits per heavy atom. The summed E-state index contributed by atoms with van der Waals surface area (Å²) in [5.74, 6) is 0.883. The van der Waals surface area contributed by atoms with Gasteiger partial charge in [0.05, 0.1) is 12.8 Å². The number of aryl methyl sites for hydroxylation is 1. The topological polar surface area (TPSA) is 57.2 Å². The van der Waals surface area contributed by atoms with Gasteiger partial charge in [-0.2, -0.15) is 5.10 Å². The minimum Gasteiger partial charge on any atom is -0.494 e. The first-order valence-corrected chi connectivity index (χ1v) is 7.50. The van der Waals surface area contributed by atoms with Gasteiger partial charge >= 0.3 is 0 Å². The van der Waals surface area contributed by atoms with Crippen LogP contribution in [0.5, 0.6) is 5.75 Å². The first kappa shape index (κ1) is 15.0. The van der Waals surface area contributed by atoms with Crippen LogP contribution in [0.3, 0.4) is 0 Å². The molecule has 0 saturated heterocycles. The average molecular weight is 309 g/mol. The highest BCUT2D eigenvalue weighted by atomic mass is 16.5. The maximum absolute atomic E-state index is 5.50. The van der Waals surface area contributed by atoms with Crippen LogP contribution in [0.25, 0.3) is 5.69 Å². The van der Waals surface area contributed by atoms with Gasteiger partial charge in [0.2, 0.25) is 0 Å². The maximum Gasteiger partial charge on any atom is 0.141 e. The number of hydrogen-bond acceptors (Lipinski definition) is 4. The third-order valence-electron chi connectivity index (χ3n) is 3.61. The van der Waals surface area contributed by atoms with Gasteiger partial charge in [-0.1, -0.05) is 0 Å². The molecule has 0 aliphatic rings. The van der Waals surface area contributed by atoms with E-state index in [2.05, 4.69) is 51.9 Å². The fourth-order valence-electron chi connectivity index (χ4n) is 2.56. The lowest BCUT2D eigenvalue weighted by molar-refractivity contribution is 0.340. The molecule has 0 N–H and O–H groups in total. The summed E-state index contributed by atoms with van der Waals surface area (Å²) < 4.78 is 9.27. The smallest absolute Gasteiger partial charge is 0.141 e. The monoisotopic (exact) mass is 309 g/mol. The predicted octanol–water partition coefficient (Wildman–Crippen LogP) is 2.97. The summed E-state index contributed by atoms with van der Waals surface area (Å²) in [6.45, 7) is 6.82. The SMILES string of the molecule is CCOc1ccc(-n2c(C)cc(C=Nn3cnnc3)c2C)cc1. The van der Waals surface area contributed by atoms with Crippen molar-refractivity contribution in [3.63, 3.8) is 0 Å². The van der Waals surface area contributed by atoms with Crippen LogP contribution in [-0.2, 0) is 0 Å². The van der Waals surface area contributed by atoms with Crippen molar-refractivity contribution in [2.75, 3.05) is 6.61 Å². The Hall–Kier alpha value is -2.89. The summed E-state index contributed by atoms with van der Waals surface area (Å²) in [7, 11) is 0. The molecule has 118 valence electrons. The number of nitrogens with zero attached hydrogens (tertiary/aromatic N) is 5. The molecule has 6 heteroatoms. The average Bonchev–Trinajstić information content (AvgIpc) is 3.15. The third kappa shape index (κ3) is 3.15. The molecule has 0 saturated carbocycles. The van der Waals surface area contributed by atoms with Crippen molar-refractivity contribution in [2.24, 2.45) is 5.10 Å². The van der Waals surface area contributed by atoms with Crippen molar-refractivity contribution in [3.05, 3.63) is 59.9 Å². The Balaban J connectivity index is 1.91. The van der Waals surface area contributed by atoms with Crippen LogP contribution in [-0.4, -0.2) is 32.3 Å². The van der Waals surface area contributed by atoms with Crippen molar-refractivity contribution in [3.8, 4) is 11.4 Å². The second-order valence-corrected chi connectivity index (χ2v) is 5.18. The van der Waals surface area contributed by atoms with E-state index in [9.17, 15) is 0 Å². The van der Waals surface area contributed by atoms with Gasteiger partial charge in [0.1, 0.15) is 18.4 Å². The molecule has 3 rings (SSSR count). The Kier molecular flexibility index (Phi) is 4.23. The molecule has 0 aliphatic heterocycles. The maximum atomic E-state index is 5.50. The Morgan fingerprint density at radius 2 is 1.83 bits per heavy atom. The molecule has 0 spiro atoms. The van der Waals surface area contributed by atoms with Crippen LogP contribution < -0.4 is 4.74 Å². The third-order valence-corrected chi connectivity index (χ3v) is 3.61. The lowest BCUT2D eigenvalue weighted by Crippen LogP contribution is -2.00. The molecule has 23 heavy (non-hydrogen) atoms. The summed E-state index contributed by atoms with van der Waals surface area (Å²) in [5, 5.41) is 11.8. The van der Waals surface area contributed by atoms with E-state index in [-0.39, 0.29) is 0 Å². The molecule has 0 unspecified atom stereocenters. The van der Waals surface area contributed by atoms with Crippen LogP contribution >= 0.6 is 0 Å². The van der Waals surface area contributed by atoms with Gasteiger partial charge in [0, 0.05) is 22.6 Å². The molecular weight excluding hydrogens is 290 g/mol. The molecule has 0 radical (unpaired) electrons. The highest BCUT2D eigenvalue weighted by molar-refractivity contribution is 5.82. The molecule has 0 fully saturated rings. The van der Waals surface area contributed by atoms with E-state index >= 15 is 0 Å². The number of benzene rings is 1. The van der Waals surface area contributed by atoms with Gasteiger partial charge in [0.15, 0.2) is 0 Å². The summed E-state index contributed by atoms with van der Waals surface area (Å²) in [4.78, 5) is 0. The molecule has 2 aromatic heterocycles. The summed E-state index contributed by atoms with van der Waals surface area (Å²) >= 11 is 0. The van der Waals surface area contributed by atoms with E-state index in [4.69, 9.17) is 4.74 Å². The Labute approximate surface area is 135 Å². The second kappa shape index (κ2) is 6.48. The molecular formula is C17H19N5O. The molecule has 2 heterocycles. The minimum absolute atomic E-state index is 0.671. The van der Waals surface area contributed by atoms with E-state index in [1.54, 1.807) is 17.3 Å². The number of aromatic nitrogens is 4. The van der Waals surface area contributed by atoms with Crippen LogP contribution in [0.4, 0.5) is 0 Å². The fourth-order valence-corrected chi connectivity index (χ4v) is 2.56. The van der Waals surface area contributed by atoms with Gasteiger partial charge in [-0.05, 0) is 51.1 Å². The highest BCUT2D eigenvalue weighted by Gasteiger charge is 2.09. The summed E-state index contributed by atoms with van der Waals surface area (Å²) in [6.07, 6.45) is 4.93. The minimum atomic E-state index is 0.671. The van der Waals surface area contributed by atoms with Crippen molar-refractivity contribution in [1.29, 1.82) is 0 Å². The molecule has 6 nitrogen and oxygen atoms in total. The fraction of sp³-hybridized carbons (Fsp3) is 0.235. The van der Waals surface area contributed by atoms with Crippen LogP contribution in [0.2, 0.25) is 0 Å². The zero-order chi connectivity index (χ0) is 16.2. The largest absolute Gasteiger partial charge is 0.494 e. The quantitative estimate of drug-likeness (QED) is 0.681. The summed E-state index contributed by atoms with van der Waals surface area (Å²) in [5.41, 5.74) is 4.44. The van der Waals surface area contributed by atoms with Crippen molar-refractivity contribution < 1.29 is 4.74 Å². The number of ether oxygens (including phenoxy) is 1. The van der Waals surface area contributed by atoms with Crippen LogP contribution in [0.15, 0.2) is 48.1 Å². The number of rotatable bonds is 5. The molecule has 1 aromatic carbocycles. The van der Waals surface area contributed by atoms with Gasteiger partial charge < -0.3 is 9.30 Å².